The molecule has 48 heavy (non-hydrogen) atoms. The molecule has 10 heteroatoms. The highest BCUT2D eigenvalue weighted by molar-refractivity contribution is 5.84. The number of hydrogen-bond donors (Lipinski definition) is 2. The second kappa shape index (κ2) is 15.6. The minimum atomic E-state index is -1.23. The summed E-state index contributed by atoms with van der Waals surface area (Å²) in [4.78, 5) is 51.9. The number of rotatable bonds is 11. The molecule has 10 nitrogen and oxygen atoms in total. The van der Waals surface area contributed by atoms with Gasteiger partial charge >= 0.3 is 24.1 Å². The maximum atomic E-state index is 13.3. The maximum absolute atomic E-state index is 13.3. The van der Waals surface area contributed by atoms with Gasteiger partial charge in [-0.3, -0.25) is 0 Å². The lowest BCUT2D eigenvalue weighted by Crippen LogP contribution is -2.45. The number of carbonyl (C=O) groups excluding carboxylic acids is 4. The van der Waals surface area contributed by atoms with Gasteiger partial charge in [0.25, 0.3) is 0 Å². The van der Waals surface area contributed by atoms with E-state index in [1.807, 2.05) is 78.9 Å². The first-order valence-corrected chi connectivity index (χ1v) is 15.9. The first-order chi connectivity index (χ1) is 22.7. The molecule has 0 unspecified atom stereocenters. The molecule has 2 N–H and O–H groups in total. The molecule has 3 aromatic rings. The van der Waals surface area contributed by atoms with Crippen molar-refractivity contribution in [2.45, 2.75) is 83.8 Å². The Bertz CT molecular complexity index is 1580. The Hall–Kier alpha value is -5.12. The molecule has 0 saturated heterocycles. The molecular weight excluding hydrogens is 612 g/mol. The van der Waals surface area contributed by atoms with Crippen LogP contribution in [0.15, 0.2) is 91.0 Å². The van der Waals surface area contributed by atoms with Crippen molar-refractivity contribution in [3.8, 4) is 11.1 Å². The minimum Gasteiger partial charge on any atom is -0.459 e. The van der Waals surface area contributed by atoms with Crippen LogP contribution < -0.4 is 10.6 Å². The highest BCUT2D eigenvalue weighted by Gasteiger charge is 2.31. The number of hydrogen-bond acceptors (Lipinski definition) is 8. The molecule has 3 aromatic carbocycles. The van der Waals surface area contributed by atoms with E-state index in [9.17, 15) is 19.2 Å². The largest absolute Gasteiger partial charge is 0.459 e. The van der Waals surface area contributed by atoms with Crippen molar-refractivity contribution in [1.82, 2.24) is 10.6 Å². The summed E-state index contributed by atoms with van der Waals surface area (Å²) in [5.41, 5.74) is 3.44. The lowest BCUT2D eigenvalue weighted by molar-refractivity contribution is -0.156. The zero-order chi connectivity index (χ0) is 34.9. The molecule has 1 aliphatic carbocycles. The Balaban J connectivity index is 1.47. The minimum absolute atomic E-state index is 0.00695. The van der Waals surface area contributed by atoms with Crippen LogP contribution in [0.4, 0.5) is 9.59 Å². The molecule has 2 atom stereocenters. The molecule has 0 heterocycles. The van der Waals surface area contributed by atoms with Gasteiger partial charge in [-0.05, 0) is 75.8 Å². The summed E-state index contributed by atoms with van der Waals surface area (Å²) in [6.07, 6.45) is 1.17. The lowest BCUT2D eigenvalue weighted by Gasteiger charge is -2.25. The van der Waals surface area contributed by atoms with Crippen LogP contribution in [0.2, 0.25) is 0 Å². The molecule has 0 fully saturated rings. The van der Waals surface area contributed by atoms with Gasteiger partial charge in [0.1, 0.15) is 36.5 Å². The van der Waals surface area contributed by atoms with E-state index in [-0.39, 0.29) is 25.6 Å². The molecule has 0 saturated carbocycles. The Kier molecular flexibility index (Phi) is 11.6. The topological polar surface area (TPSA) is 129 Å². The predicted octanol–water partition coefficient (Wildman–Crippen LogP) is 6.82. The number of alkyl carbamates (subject to hydrolysis) is 2. The van der Waals surface area contributed by atoms with Crippen LogP contribution in [0.1, 0.15) is 70.6 Å². The second-order valence-electron chi connectivity index (χ2n) is 13.4. The maximum Gasteiger partial charge on any atom is 0.408 e. The van der Waals surface area contributed by atoms with Crippen molar-refractivity contribution >= 4 is 24.1 Å². The molecular formula is C38H44N2O8. The number of benzene rings is 3. The Morgan fingerprint density at radius 2 is 1.25 bits per heavy atom. The average molecular weight is 657 g/mol. The van der Waals surface area contributed by atoms with E-state index in [0.717, 1.165) is 27.8 Å². The number of esters is 2. The monoisotopic (exact) mass is 656 g/mol. The van der Waals surface area contributed by atoms with Crippen LogP contribution in [-0.2, 0) is 35.1 Å². The van der Waals surface area contributed by atoms with Crippen molar-refractivity contribution in [2.75, 3.05) is 6.61 Å². The average Bonchev–Trinajstić information content (AvgIpc) is 3.34. The van der Waals surface area contributed by atoms with Crippen molar-refractivity contribution in [3.05, 3.63) is 108 Å². The van der Waals surface area contributed by atoms with Gasteiger partial charge in [-0.15, -0.1) is 0 Å². The van der Waals surface area contributed by atoms with Gasteiger partial charge in [-0.25, -0.2) is 19.2 Å². The second-order valence-corrected chi connectivity index (χ2v) is 13.4. The molecule has 4 rings (SSSR count). The molecule has 0 aliphatic heterocycles. The fourth-order valence-electron chi connectivity index (χ4n) is 5.16. The third kappa shape index (κ3) is 10.4. The van der Waals surface area contributed by atoms with Gasteiger partial charge in [0, 0.05) is 5.92 Å². The van der Waals surface area contributed by atoms with Crippen LogP contribution in [0.25, 0.3) is 11.1 Å². The quantitative estimate of drug-likeness (QED) is 0.131. The summed E-state index contributed by atoms with van der Waals surface area (Å²) in [7, 11) is 0. The van der Waals surface area contributed by atoms with Gasteiger partial charge < -0.3 is 29.6 Å². The van der Waals surface area contributed by atoms with Crippen molar-refractivity contribution in [1.29, 1.82) is 0 Å². The first kappa shape index (κ1) is 35.7. The Morgan fingerprint density at radius 3 is 1.83 bits per heavy atom. The normalized spacial score (nSPS) is 13.9. The third-order valence-corrected chi connectivity index (χ3v) is 7.18. The molecule has 254 valence electrons. The number of amides is 2. The van der Waals surface area contributed by atoms with Gasteiger partial charge in [-0.1, -0.05) is 91.0 Å². The fourth-order valence-corrected chi connectivity index (χ4v) is 5.16. The number of carbonyl (C=O) groups is 4. The molecule has 0 aromatic heterocycles. The van der Waals surface area contributed by atoms with E-state index in [0.29, 0.717) is 0 Å². The number of nitrogens with one attached hydrogen (secondary N) is 2. The van der Waals surface area contributed by atoms with Crippen molar-refractivity contribution in [2.24, 2.45) is 0 Å². The standard InChI is InChI=1S/C38H44N2O8/c1-37(2,3)47-34(42)32(40-36(44)48-38(4,5)6)22-14-21-31(33(41)45-23-25-15-8-7-9-16-25)39-35(43)46-24-30-28-19-12-10-17-26(28)27-18-11-13-20-29(27)30/h7-20,22,30-32H,21,23-24H2,1-6H3,(H,39,43)(H,40,44)/b22-14+/t31-,32+/m1/s1. The van der Waals surface area contributed by atoms with Gasteiger partial charge in [-0.2, -0.15) is 0 Å². The van der Waals surface area contributed by atoms with E-state index in [1.54, 1.807) is 41.5 Å². The Morgan fingerprint density at radius 1 is 0.688 bits per heavy atom. The molecule has 2 amide bonds. The van der Waals surface area contributed by atoms with Gasteiger partial charge in [0.05, 0.1) is 0 Å². The molecule has 0 spiro atoms. The summed E-state index contributed by atoms with van der Waals surface area (Å²) in [6.45, 7) is 10.3. The SMILES string of the molecule is CC(C)(C)OC(=O)N[C@@H](/C=C/C[C@@H](NC(=O)OCC1c2ccccc2-c2ccccc21)C(=O)OCc1ccccc1)C(=O)OC(C)(C)C. The zero-order valence-electron chi connectivity index (χ0n) is 28.3. The third-order valence-electron chi connectivity index (χ3n) is 7.18. The van der Waals surface area contributed by atoms with Crippen molar-refractivity contribution in [3.63, 3.8) is 0 Å². The van der Waals surface area contributed by atoms with E-state index in [1.165, 1.54) is 12.2 Å². The van der Waals surface area contributed by atoms with Crippen molar-refractivity contribution < 1.29 is 38.1 Å². The van der Waals surface area contributed by atoms with Gasteiger partial charge in [0.15, 0.2) is 0 Å². The molecule has 0 radical (unpaired) electrons. The molecule has 1 aliphatic rings. The van der Waals surface area contributed by atoms with E-state index < -0.39 is 47.4 Å². The van der Waals surface area contributed by atoms with Crippen LogP contribution >= 0.6 is 0 Å². The van der Waals surface area contributed by atoms with Crippen LogP contribution in [0, 0.1) is 0 Å². The lowest BCUT2D eigenvalue weighted by atomic mass is 9.98. The Labute approximate surface area is 281 Å². The number of ether oxygens (including phenoxy) is 4. The van der Waals surface area contributed by atoms with Crippen LogP contribution in [0.3, 0.4) is 0 Å². The highest BCUT2D eigenvalue weighted by Crippen LogP contribution is 2.44. The smallest absolute Gasteiger partial charge is 0.408 e. The fraction of sp³-hybridized carbons (Fsp3) is 0.368. The number of fused-ring (bicyclic) bond motifs is 3. The van der Waals surface area contributed by atoms with Crippen LogP contribution in [-0.4, -0.2) is 54.0 Å². The summed E-state index contributed by atoms with van der Waals surface area (Å²) in [5, 5.41) is 5.13. The van der Waals surface area contributed by atoms with E-state index in [2.05, 4.69) is 10.6 Å². The summed E-state index contributed by atoms with van der Waals surface area (Å²) in [5.74, 6) is -1.59. The summed E-state index contributed by atoms with van der Waals surface area (Å²) < 4.78 is 22.0. The first-order valence-electron chi connectivity index (χ1n) is 15.9. The molecule has 0 bridgehead atoms. The van der Waals surface area contributed by atoms with Gasteiger partial charge in [0.2, 0.25) is 0 Å². The summed E-state index contributed by atoms with van der Waals surface area (Å²) >= 11 is 0. The predicted molar refractivity (Wildman–Crippen MR) is 181 cm³/mol. The van der Waals surface area contributed by atoms with Crippen LogP contribution in [0.5, 0.6) is 0 Å². The zero-order valence-corrected chi connectivity index (χ0v) is 28.3. The highest BCUT2D eigenvalue weighted by atomic mass is 16.6. The summed E-state index contributed by atoms with van der Waals surface area (Å²) in [6, 6.07) is 22.7. The van der Waals surface area contributed by atoms with E-state index >= 15 is 0 Å². The van der Waals surface area contributed by atoms with E-state index in [4.69, 9.17) is 18.9 Å².